The third-order valence-corrected chi connectivity index (χ3v) is 1.95. The first-order valence-corrected chi connectivity index (χ1v) is 4.80. The summed E-state index contributed by atoms with van der Waals surface area (Å²) in [6.07, 6.45) is 3.58. The number of hydrogen-bond acceptors (Lipinski definition) is 2. The second-order valence-corrected chi connectivity index (χ2v) is 3.40. The molecule has 80 valence electrons. The molecule has 1 aromatic rings. The van der Waals surface area contributed by atoms with Crippen LogP contribution in [0.4, 0.5) is 0 Å². The highest BCUT2D eigenvalue weighted by Gasteiger charge is 1.96. The number of nitrogens with one attached hydrogen (secondary N) is 1. The van der Waals surface area contributed by atoms with Gasteiger partial charge in [-0.2, -0.15) is 0 Å². The van der Waals surface area contributed by atoms with Crippen LogP contribution >= 0.6 is 0 Å². The number of phenolic OH excluding ortho intramolecular Hbond substituents is 1. The Bertz CT molecular complexity index is 383. The maximum Gasteiger partial charge on any atom is 0.217 e. The zero-order valence-electron chi connectivity index (χ0n) is 8.95. The highest BCUT2D eigenvalue weighted by Crippen LogP contribution is 2.19. The molecule has 15 heavy (non-hydrogen) atoms. The molecule has 2 N–H and O–H groups in total. The second-order valence-electron chi connectivity index (χ2n) is 3.40. The molecule has 0 radical (unpaired) electrons. The number of phenols is 1. The van der Waals surface area contributed by atoms with Crippen LogP contribution in [0.5, 0.6) is 5.75 Å². The van der Waals surface area contributed by atoms with Gasteiger partial charge in [0.2, 0.25) is 5.91 Å². The summed E-state index contributed by atoms with van der Waals surface area (Å²) in [7, 11) is 0. The number of hydrogen-bond donors (Lipinski definition) is 2. The zero-order valence-corrected chi connectivity index (χ0v) is 8.95. The largest absolute Gasteiger partial charge is 0.507 e. The third kappa shape index (κ3) is 3.85. The quantitative estimate of drug-likeness (QED) is 0.791. The van der Waals surface area contributed by atoms with Gasteiger partial charge in [-0.1, -0.05) is 24.3 Å². The van der Waals surface area contributed by atoms with E-state index in [1.54, 1.807) is 18.2 Å². The van der Waals surface area contributed by atoms with Gasteiger partial charge in [0.05, 0.1) is 0 Å². The Balaban J connectivity index is 2.60. The molecule has 1 aromatic carbocycles. The first-order valence-electron chi connectivity index (χ1n) is 4.80. The van der Waals surface area contributed by atoms with Crippen LogP contribution in [0.15, 0.2) is 24.3 Å². The Morgan fingerprint density at radius 1 is 1.53 bits per heavy atom. The molecule has 0 heterocycles. The Hall–Kier alpha value is -1.77. The molecule has 0 aliphatic rings. The van der Waals surface area contributed by atoms with Crippen LogP contribution in [-0.2, 0) is 4.79 Å². The van der Waals surface area contributed by atoms with Crippen molar-refractivity contribution in [1.29, 1.82) is 0 Å². The molecule has 0 bridgehead atoms. The van der Waals surface area contributed by atoms with Crippen molar-refractivity contribution in [3.05, 3.63) is 35.4 Å². The molecular formula is C12H15NO2. The Labute approximate surface area is 89.4 Å². The van der Waals surface area contributed by atoms with Gasteiger partial charge in [-0.15, -0.1) is 0 Å². The van der Waals surface area contributed by atoms with Gasteiger partial charge in [-0.3, -0.25) is 4.79 Å². The van der Waals surface area contributed by atoms with Gasteiger partial charge in [0.25, 0.3) is 0 Å². The second kappa shape index (κ2) is 5.20. The summed E-state index contributed by atoms with van der Waals surface area (Å²) in [5.74, 6) is 0.196. The van der Waals surface area contributed by atoms with Gasteiger partial charge in [0, 0.05) is 19.0 Å². The van der Waals surface area contributed by atoms with Crippen LogP contribution < -0.4 is 5.32 Å². The van der Waals surface area contributed by atoms with E-state index in [2.05, 4.69) is 5.32 Å². The van der Waals surface area contributed by atoms with Gasteiger partial charge >= 0.3 is 0 Å². The van der Waals surface area contributed by atoms with E-state index in [0.717, 1.165) is 11.1 Å². The minimum absolute atomic E-state index is 0.0622. The summed E-state index contributed by atoms with van der Waals surface area (Å²) in [6.45, 7) is 3.87. The predicted octanol–water partition coefficient (Wildman–Crippen LogP) is 1.85. The number of carbonyl (C=O) groups excluding carboxylic acids is 1. The van der Waals surface area contributed by atoms with E-state index >= 15 is 0 Å². The smallest absolute Gasteiger partial charge is 0.217 e. The maximum absolute atomic E-state index is 10.6. The molecule has 1 amide bonds. The lowest BCUT2D eigenvalue weighted by molar-refractivity contribution is -0.118. The molecule has 0 spiro atoms. The molecule has 3 heteroatoms. The number of rotatable bonds is 3. The van der Waals surface area contributed by atoms with Crippen LogP contribution in [-0.4, -0.2) is 17.6 Å². The number of amides is 1. The first kappa shape index (κ1) is 11.3. The molecule has 0 atom stereocenters. The third-order valence-electron chi connectivity index (χ3n) is 1.95. The maximum atomic E-state index is 10.6. The van der Waals surface area contributed by atoms with Gasteiger partial charge in [-0.05, 0) is 18.6 Å². The number of aryl methyl sites for hydroxylation is 1. The fourth-order valence-corrected chi connectivity index (χ4v) is 1.18. The molecule has 0 aliphatic carbocycles. The minimum atomic E-state index is -0.0622. The van der Waals surface area contributed by atoms with Crippen LogP contribution in [0.3, 0.4) is 0 Å². The molecule has 0 unspecified atom stereocenters. The zero-order chi connectivity index (χ0) is 11.3. The van der Waals surface area contributed by atoms with E-state index in [4.69, 9.17) is 0 Å². The van der Waals surface area contributed by atoms with Crippen molar-refractivity contribution < 1.29 is 9.90 Å². The minimum Gasteiger partial charge on any atom is -0.507 e. The monoisotopic (exact) mass is 205 g/mol. The lowest BCUT2D eigenvalue weighted by atomic mass is 10.1. The van der Waals surface area contributed by atoms with Gasteiger partial charge in [-0.25, -0.2) is 0 Å². The summed E-state index contributed by atoms with van der Waals surface area (Å²) in [5.41, 5.74) is 1.78. The highest BCUT2D eigenvalue weighted by atomic mass is 16.3. The van der Waals surface area contributed by atoms with E-state index in [1.165, 1.54) is 6.92 Å². The highest BCUT2D eigenvalue weighted by molar-refractivity contribution is 5.73. The lowest BCUT2D eigenvalue weighted by Crippen LogP contribution is -2.19. The van der Waals surface area contributed by atoms with Crippen molar-refractivity contribution in [3.63, 3.8) is 0 Å². The van der Waals surface area contributed by atoms with E-state index in [0.29, 0.717) is 6.54 Å². The van der Waals surface area contributed by atoms with E-state index in [1.807, 2.05) is 19.1 Å². The van der Waals surface area contributed by atoms with Gasteiger partial charge in [0.15, 0.2) is 0 Å². The van der Waals surface area contributed by atoms with Gasteiger partial charge in [0.1, 0.15) is 5.75 Å². The van der Waals surface area contributed by atoms with Crippen LogP contribution in [0.2, 0.25) is 0 Å². The summed E-state index contributed by atoms with van der Waals surface area (Å²) in [5, 5.41) is 12.2. The van der Waals surface area contributed by atoms with Gasteiger partial charge < -0.3 is 10.4 Å². The van der Waals surface area contributed by atoms with Crippen molar-refractivity contribution in [3.8, 4) is 5.75 Å². The van der Waals surface area contributed by atoms with Crippen molar-refractivity contribution in [1.82, 2.24) is 5.32 Å². The van der Waals surface area contributed by atoms with Crippen molar-refractivity contribution in [2.24, 2.45) is 0 Å². The van der Waals surface area contributed by atoms with Crippen molar-refractivity contribution in [2.75, 3.05) is 6.54 Å². The number of benzene rings is 1. The van der Waals surface area contributed by atoms with Crippen molar-refractivity contribution in [2.45, 2.75) is 13.8 Å². The lowest BCUT2D eigenvalue weighted by Gasteiger charge is -2.00. The summed E-state index contributed by atoms with van der Waals surface area (Å²) < 4.78 is 0. The molecule has 1 rings (SSSR count). The Kier molecular flexibility index (Phi) is 3.92. The molecular weight excluding hydrogens is 190 g/mol. The number of aromatic hydroxyl groups is 1. The summed E-state index contributed by atoms with van der Waals surface area (Å²) in [6, 6.07) is 5.48. The molecule has 0 fully saturated rings. The number of carbonyl (C=O) groups is 1. The fraction of sp³-hybridized carbons (Fsp3) is 0.250. The Morgan fingerprint density at radius 3 is 2.87 bits per heavy atom. The van der Waals surface area contributed by atoms with E-state index in [-0.39, 0.29) is 11.7 Å². The fourth-order valence-electron chi connectivity index (χ4n) is 1.18. The molecule has 0 saturated carbocycles. The topological polar surface area (TPSA) is 49.3 Å². The molecule has 0 aliphatic heterocycles. The van der Waals surface area contributed by atoms with Crippen LogP contribution in [0.1, 0.15) is 18.1 Å². The van der Waals surface area contributed by atoms with E-state index in [9.17, 15) is 9.90 Å². The average molecular weight is 205 g/mol. The standard InChI is InChI=1S/C12H15NO2/c1-9-5-6-11(12(15)8-9)4-3-7-13-10(2)14/h3-6,8,15H,7H2,1-2H3,(H,13,14). The van der Waals surface area contributed by atoms with Crippen LogP contribution in [0, 0.1) is 6.92 Å². The summed E-state index contributed by atoms with van der Waals surface area (Å²) in [4.78, 5) is 10.6. The van der Waals surface area contributed by atoms with Crippen molar-refractivity contribution >= 4 is 12.0 Å². The molecule has 0 saturated heterocycles. The van der Waals surface area contributed by atoms with E-state index < -0.39 is 0 Å². The molecule has 0 aromatic heterocycles. The first-order chi connectivity index (χ1) is 7.09. The van der Waals surface area contributed by atoms with Crippen LogP contribution in [0.25, 0.3) is 6.08 Å². The Morgan fingerprint density at radius 2 is 2.27 bits per heavy atom. The summed E-state index contributed by atoms with van der Waals surface area (Å²) >= 11 is 0. The molecule has 3 nitrogen and oxygen atoms in total. The SMILES string of the molecule is CC(=O)NCC=Cc1ccc(C)cc1O. The predicted molar refractivity (Wildman–Crippen MR) is 60.6 cm³/mol. The normalized spacial score (nSPS) is 10.5. The average Bonchev–Trinajstić information content (AvgIpc) is 2.14.